The van der Waals surface area contributed by atoms with Crippen LogP contribution >= 0.6 is 0 Å². The standard InChI is InChI=1S/C7H10N4O2S.CHF3O3S.H4N2O2S/c1-9-4-5-11(7-9)14(12,13)10-3-2-8-6-10;2-1(3,4)8(5,6)7;1-5(2,3)4/h2-6H,7H2,1H3;(H,5,6,7);(H4,1,2,3,4). The number of nitrogens with one attached hydrogen (secondary N) is 1. The maximum absolute atomic E-state index is 11.8. The normalized spacial score (nSPS) is 17.6. The largest absolute Gasteiger partial charge is 0.741 e. The molecule has 1 unspecified atom stereocenters. The van der Waals surface area contributed by atoms with Gasteiger partial charge < -0.3 is 4.55 Å². The highest BCUT2D eigenvalue weighted by molar-refractivity contribution is 7.87. The number of halogens is 3. The second-order valence-electron chi connectivity index (χ2n) is 4.60. The third-order valence-corrected chi connectivity index (χ3v) is 4.42. The van der Waals surface area contributed by atoms with Crippen LogP contribution in [0.5, 0.6) is 0 Å². The van der Waals surface area contributed by atoms with E-state index >= 15 is 0 Å². The molecule has 0 amide bonds. The molecular weight excluding hydrogens is 445 g/mol. The van der Waals surface area contributed by atoms with Crippen LogP contribution in [0, 0.1) is 0 Å². The summed E-state index contributed by atoms with van der Waals surface area (Å²) in [4.78, 5) is 4.73. The van der Waals surface area contributed by atoms with Gasteiger partial charge in [0.05, 0.1) is 13.2 Å². The van der Waals surface area contributed by atoms with Crippen LogP contribution in [0.2, 0.25) is 0 Å². The van der Waals surface area contributed by atoms with E-state index < -0.39 is 36.0 Å². The van der Waals surface area contributed by atoms with Gasteiger partial charge in [0, 0.05) is 12.4 Å². The number of imidazole rings is 1. The molecule has 0 aromatic carbocycles. The van der Waals surface area contributed by atoms with Crippen LogP contribution in [0.3, 0.4) is 0 Å². The van der Waals surface area contributed by atoms with E-state index in [1.807, 2.05) is 7.05 Å². The second-order valence-corrected chi connectivity index (χ2v) is 8.93. The first kappa shape index (κ1) is 25.2. The van der Waals surface area contributed by atoms with Crippen molar-refractivity contribution in [3.63, 3.8) is 0 Å². The predicted molar refractivity (Wildman–Crippen MR) is 82.3 cm³/mol. The summed E-state index contributed by atoms with van der Waals surface area (Å²) in [6, 6.07) is 0. The van der Waals surface area contributed by atoms with Crippen LogP contribution < -0.4 is 15.2 Å². The third-order valence-electron chi connectivity index (χ3n) is 2.26. The molecule has 13 nitrogen and oxygen atoms in total. The Labute approximate surface area is 152 Å². The Kier molecular flexibility index (Phi) is 8.36. The van der Waals surface area contributed by atoms with E-state index in [1.165, 1.54) is 23.0 Å². The molecule has 0 saturated carbocycles. The zero-order chi connectivity index (χ0) is 21.7. The molecular formula is C8H15F3N6O7S3. The summed E-state index contributed by atoms with van der Waals surface area (Å²) in [6.07, 6.45) is 7.47. The minimum Gasteiger partial charge on any atom is -0.741 e. The van der Waals surface area contributed by atoms with Crippen LogP contribution in [0.25, 0.3) is 0 Å². The van der Waals surface area contributed by atoms with Gasteiger partial charge in [-0.3, -0.25) is 4.90 Å². The maximum Gasteiger partial charge on any atom is 0.485 e. The molecule has 19 heteroatoms. The van der Waals surface area contributed by atoms with Crippen molar-refractivity contribution in [2.45, 2.75) is 5.51 Å². The van der Waals surface area contributed by atoms with Crippen molar-refractivity contribution in [1.29, 1.82) is 0 Å². The summed E-state index contributed by atoms with van der Waals surface area (Å²) >= 11 is 0. The van der Waals surface area contributed by atoms with Gasteiger partial charge in [-0.1, -0.05) is 0 Å². The van der Waals surface area contributed by atoms with E-state index in [9.17, 15) is 30.0 Å². The van der Waals surface area contributed by atoms with Crippen molar-refractivity contribution in [3.05, 3.63) is 31.1 Å². The molecule has 1 aromatic heterocycles. The number of hydrogen-bond acceptors (Lipinski definition) is 8. The Morgan fingerprint density at radius 2 is 1.59 bits per heavy atom. The Bertz CT molecular complexity index is 932. The second kappa shape index (κ2) is 8.95. The average molecular weight is 460 g/mol. The van der Waals surface area contributed by atoms with Crippen LogP contribution in [0.15, 0.2) is 31.1 Å². The number of rotatable bonds is 2. The number of aromatic nitrogens is 2. The molecule has 2 rings (SSSR count). The van der Waals surface area contributed by atoms with Gasteiger partial charge in [0.25, 0.3) is 10.2 Å². The van der Waals surface area contributed by atoms with Crippen molar-refractivity contribution >= 4 is 30.5 Å². The molecule has 158 valence electrons. The quantitative estimate of drug-likeness (QED) is 0.297. The SMILES string of the molecule is C[NH+]1C=CN(S(=O)(=O)n2ccnc2)C1.NS(N)(=O)=O.O=S(=O)([O-])C(F)(F)F. The fourth-order valence-corrected chi connectivity index (χ4v) is 2.43. The molecule has 0 bridgehead atoms. The zero-order valence-corrected chi connectivity index (χ0v) is 15.8. The number of nitrogens with zero attached hydrogens (tertiary/aromatic N) is 3. The topological polar surface area (TPSA) is 203 Å². The highest BCUT2D eigenvalue weighted by Gasteiger charge is 2.36. The lowest BCUT2D eigenvalue weighted by atomic mass is 10.9. The Hall–Kier alpha value is -1.77. The highest BCUT2D eigenvalue weighted by atomic mass is 32.2. The molecule has 1 aliphatic rings. The summed E-state index contributed by atoms with van der Waals surface area (Å²) in [7, 11) is -11.3. The van der Waals surface area contributed by atoms with Gasteiger partial charge in [-0.25, -0.2) is 32.0 Å². The molecule has 0 spiro atoms. The number of quaternary nitrogens is 1. The van der Waals surface area contributed by atoms with E-state index in [4.69, 9.17) is 13.0 Å². The molecule has 1 aliphatic heterocycles. The molecule has 1 aromatic rings. The zero-order valence-electron chi connectivity index (χ0n) is 13.3. The molecule has 27 heavy (non-hydrogen) atoms. The molecule has 0 saturated heterocycles. The van der Waals surface area contributed by atoms with Crippen molar-refractivity contribution in [1.82, 2.24) is 13.3 Å². The van der Waals surface area contributed by atoms with Gasteiger partial charge in [-0.05, 0) is 0 Å². The summed E-state index contributed by atoms with van der Waals surface area (Å²) in [5, 5.41) is 8.21. The van der Waals surface area contributed by atoms with Gasteiger partial charge in [0.2, 0.25) is 0 Å². The fourth-order valence-electron chi connectivity index (χ4n) is 1.22. The third kappa shape index (κ3) is 9.65. The number of alkyl halides is 3. The summed E-state index contributed by atoms with van der Waals surface area (Å²) in [5.41, 5.74) is -5.65. The molecule has 0 fully saturated rings. The molecule has 0 aliphatic carbocycles. The van der Waals surface area contributed by atoms with E-state index in [2.05, 4.69) is 15.3 Å². The fraction of sp³-hybridized carbons (Fsp3) is 0.375. The van der Waals surface area contributed by atoms with Crippen molar-refractivity contribution in [3.8, 4) is 0 Å². The average Bonchev–Trinajstić information content (AvgIpc) is 3.05. The lowest BCUT2D eigenvalue weighted by Crippen LogP contribution is -3.03. The first-order valence-corrected chi connectivity index (χ1v) is 10.6. The first-order chi connectivity index (χ1) is 11.9. The lowest BCUT2D eigenvalue weighted by Gasteiger charge is -2.14. The van der Waals surface area contributed by atoms with Crippen LogP contribution in [0.4, 0.5) is 13.2 Å². The van der Waals surface area contributed by atoms with Gasteiger partial charge in [0.1, 0.15) is 12.5 Å². The van der Waals surface area contributed by atoms with Gasteiger partial charge in [-0.2, -0.15) is 30.0 Å². The summed E-state index contributed by atoms with van der Waals surface area (Å²) in [5.74, 6) is 0. The highest BCUT2D eigenvalue weighted by Crippen LogP contribution is 2.20. The van der Waals surface area contributed by atoms with Crippen molar-refractivity contribution in [2.75, 3.05) is 13.7 Å². The van der Waals surface area contributed by atoms with E-state index in [0.29, 0.717) is 6.67 Å². The van der Waals surface area contributed by atoms with Gasteiger partial charge in [-0.15, -0.1) is 0 Å². The minimum atomic E-state index is -6.09. The van der Waals surface area contributed by atoms with E-state index in [1.54, 1.807) is 12.4 Å². The van der Waals surface area contributed by atoms with E-state index in [-0.39, 0.29) is 0 Å². The van der Waals surface area contributed by atoms with E-state index in [0.717, 1.165) is 8.87 Å². The number of nitrogens with two attached hydrogens (primary N) is 2. The van der Waals surface area contributed by atoms with Crippen LogP contribution in [-0.2, 0) is 30.5 Å². The first-order valence-electron chi connectivity index (χ1n) is 6.19. The Morgan fingerprint density at radius 1 is 1.15 bits per heavy atom. The minimum absolute atomic E-state index is 0.417. The van der Waals surface area contributed by atoms with Gasteiger partial charge in [0.15, 0.2) is 16.8 Å². The van der Waals surface area contributed by atoms with Crippen LogP contribution in [-0.4, -0.2) is 62.3 Å². The predicted octanol–water partition coefficient (Wildman–Crippen LogP) is -3.56. The molecule has 1 atom stereocenters. The van der Waals surface area contributed by atoms with Gasteiger partial charge >= 0.3 is 15.7 Å². The molecule has 0 radical (unpaired) electrons. The maximum atomic E-state index is 11.8. The van der Waals surface area contributed by atoms with Crippen molar-refractivity contribution < 1.29 is 47.9 Å². The molecule has 5 N–H and O–H groups in total. The summed E-state index contributed by atoms with van der Waals surface area (Å²) in [6.45, 7) is 0.417. The van der Waals surface area contributed by atoms with Crippen LogP contribution in [0.1, 0.15) is 0 Å². The van der Waals surface area contributed by atoms with Crippen molar-refractivity contribution in [2.24, 2.45) is 10.3 Å². The smallest absolute Gasteiger partial charge is 0.485 e. The summed E-state index contributed by atoms with van der Waals surface area (Å²) < 4.78 is 103. The number of hydrogen-bond donors (Lipinski definition) is 3. The monoisotopic (exact) mass is 460 g/mol. The Balaban J connectivity index is 0.000000443. The molecule has 2 heterocycles. The lowest BCUT2D eigenvalue weighted by molar-refractivity contribution is -0.824. The Morgan fingerprint density at radius 3 is 1.85 bits per heavy atom.